The molecule has 64 heavy (non-hydrogen) atoms. The van der Waals surface area contributed by atoms with Gasteiger partial charge in [0.2, 0.25) is 0 Å². The number of aromatic nitrogens is 4. The number of halogens is 6. The quantitative estimate of drug-likeness (QED) is 0.156. The van der Waals surface area contributed by atoms with Crippen molar-refractivity contribution in [3.63, 3.8) is 0 Å². The maximum absolute atomic E-state index is 14.1. The van der Waals surface area contributed by atoms with Gasteiger partial charge in [-0.25, -0.2) is 15.0 Å². The zero-order valence-electron chi connectivity index (χ0n) is 33.3. The van der Waals surface area contributed by atoms with Crippen LogP contribution in [-0.4, -0.2) is 19.5 Å². The molecule has 0 amide bonds. The molecule has 0 aliphatic heterocycles. The Morgan fingerprint density at radius 3 is 1.52 bits per heavy atom. The van der Waals surface area contributed by atoms with Crippen LogP contribution >= 0.6 is 0 Å². The lowest BCUT2D eigenvalue weighted by molar-refractivity contribution is -0.143. The van der Waals surface area contributed by atoms with Gasteiger partial charge in [0, 0.05) is 38.2 Å². The molecule has 0 fully saturated rings. The van der Waals surface area contributed by atoms with E-state index in [9.17, 15) is 26.3 Å². The first kappa shape index (κ1) is 38.8. The van der Waals surface area contributed by atoms with Gasteiger partial charge in [-0.05, 0) is 82.9 Å². The SMILES string of the molecule is FC(F)(F)c1cc(-c2ccc3c4ccccc4n(-c4ccc(-c5ccc6c(c5)oc5ccccc56)cc4-c4nc(-c5ccccc5)nc(-c5ccccc5)n4)c3c2)cc(C(F)(F)F)c1. The van der Waals surface area contributed by atoms with E-state index in [4.69, 9.17) is 19.4 Å². The Balaban J connectivity index is 1.19. The summed E-state index contributed by atoms with van der Waals surface area (Å²) in [5, 5.41) is 3.52. The molecule has 11 aromatic rings. The summed E-state index contributed by atoms with van der Waals surface area (Å²) >= 11 is 0. The molecule has 0 unspecified atom stereocenters. The molecule has 0 saturated carbocycles. The topological polar surface area (TPSA) is 56.7 Å². The highest BCUT2D eigenvalue weighted by atomic mass is 19.4. The second kappa shape index (κ2) is 14.8. The second-order valence-electron chi connectivity index (χ2n) is 15.5. The molecular weight excluding hydrogens is 823 g/mol. The van der Waals surface area contributed by atoms with E-state index < -0.39 is 23.5 Å². The van der Waals surface area contributed by atoms with Gasteiger partial charge in [-0.1, -0.05) is 121 Å². The molecule has 11 heteroatoms. The van der Waals surface area contributed by atoms with Gasteiger partial charge in [-0.2, -0.15) is 26.3 Å². The number of furan rings is 1. The largest absolute Gasteiger partial charge is 0.456 e. The van der Waals surface area contributed by atoms with E-state index in [1.807, 2.05) is 150 Å². The fraction of sp³-hybridized carbons (Fsp3) is 0.0377. The van der Waals surface area contributed by atoms with Gasteiger partial charge >= 0.3 is 12.4 Å². The van der Waals surface area contributed by atoms with Crippen molar-refractivity contribution < 1.29 is 30.8 Å². The van der Waals surface area contributed by atoms with E-state index >= 15 is 0 Å². The van der Waals surface area contributed by atoms with Crippen molar-refractivity contribution in [1.82, 2.24) is 19.5 Å². The summed E-state index contributed by atoms with van der Waals surface area (Å²) in [5.41, 5.74) is 4.31. The van der Waals surface area contributed by atoms with Crippen molar-refractivity contribution in [2.45, 2.75) is 12.4 Å². The number of fused-ring (bicyclic) bond motifs is 6. The lowest BCUT2D eigenvalue weighted by atomic mass is 9.98. The Morgan fingerprint density at radius 2 is 0.859 bits per heavy atom. The Morgan fingerprint density at radius 1 is 0.359 bits per heavy atom. The summed E-state index contributed by atoms with van der Waals surface area (Å²) in [5.74, 6) is 1.20. The minimum atomic E-state index is -5.01. The van der Waals surface area contributed by atoms with Crippen molar-refractivity contribution in [1.29, 1.82) is 0 Å². The van der Waals surface area contributed by atoms with Crippen molar-refractivity contribution in [2.75, 3.05) is 0 Å². The summed E-state index contributed by atoms with van der Waals surface area (Å²) in [6, 6.07) is 53.0. The van der Waals surface area contributed by atoms with Gasteiger partial charge in [-0.15, -0.1) is 0 Å². The summed E-state index contributed by atoms with van der Waals surface area (Å²) < 4.78 is 92.8. The fourth-order valence-corrected chi connectivity index (χ4v) is 8.46. The summed E-state index contributed by atoms with van der Waals surface area (Å²) in [6.07, 6.45) is -10.0. The maximum Gasteiger partial charge on any atom is 0.416 e. The minimum Gasteiger partial charge on any atom is -0.456 e. The van der Waals surface area contributed by atoms with Crippen LogP contribution in [0.2, 0.25) is 0 Å². The third-order valence-corrected chi connectivity index (χ3v) is 11.5. The van der Waals surface area contributed by atoms with Crippen LogP contribution in [0.15, 0.2) is 186 Å². The Hall–Kier alpha value is -8.05. The predicted octanol–water partition coefficient (Wildman–Crippen LogP) is 15.2. The molecule has 0 bridgehead atoms. The van der Waals surface area contributed by atoms with Gasteiger partial charge in [0.25, 0.3) is 0 Å². The zero-order valence-corrected chi connectivity index (χ0v) is 33.3. The number of hydrogen-bond acceptors (Lipinski definition) is 4. The fourth-order valence-electron chi connectivity index (χ4n) is 8.46. The molecule has 0 spiro atoms. The van der Waals surface area contributed by atoms with E-state index in [-0.39, 0.29) is 17.2 Å². The molecule has 0 radical (unpaired) electrons. The summed E-state index contributed by atoms with van der Waals surface area (Å²) in [4.78, 5) is 15.1. The smallest absolute Gasteiger partial charge is 0.416 e. The number of benzene rings is 8. The van der Waals surface area contributed by atoms with Crippen molar-refractivity contribution in [3.8, 4) is 62.1 Å². The lowest BCUT2D eigenvalue weighted by Gasteiger charge is -2.17. The van der Waals surface area contributed by atoms with Gasteiger partial charge in [0.15, 0.2) is 17.5 Å². The Bertz CT molecular complexity index is 3500. The number of rotatable bonds is 6. The van der Waals surface area contributed by atoms with Crippen LogP contribution in [0.5, 0.6) is 0 Å². The van der Waals surface area contributed by atoms with E-state index in [2.05, 4.69) is 0 Å². The standard InChI is InChI=1S/C53H30F6N4O/c54-52(55,56)37-25-36(26-38(30-37)53(57,58)59)34-19-22-40-39-15-7-9-17-44(39)63(46(40)28-34)45-24-21-33(35-20-23-42-41-16-8-10-18-47(41)64-48(42)29-35)27-43(45)51-61-49(31-11-3-1-4-12-31)60-50(62-51)32-13-5-2-6-14-32/h1-30H. The predicted molar refractivity (Wildman–Crippen MR) is 239 cm³/mol. The third kappa shape index (κ3) is 6.82. The number of para-hydroxylation sites is 2. The molecule has 3 aromatic heterocycles. The number of alkyl halides is 6. The van der Waals surface area contributed by atoms with Gasteiger partial charge < -0.3 is 8.98 Å². The second-order valence-corrected chi connectivity index (χ2v) is 15.5. The zero-order chi connectivity index (χ0) is 43.7. The molecule has 310 valence electrons. The summed E-state index contributed by atoms with van der Waals surface area (Å²) in [6.45, 7) is 0. The van der Waals surface area contributed by atoms with Crippen molar-refractivity contribution >= 4 is 43.7 Å². The van der Waals surface area contributed by atoms with E-state index in [1.165, 1.54) is 0 Å². The van der Waals surface area contributed by atoms with Crippen LogP contribution in [0.25, 0.3) is 106 Å². The highest BCUT2D eigenvalue weighted by molar-refractivity contribution is 6.11. The Labute approximate surface area is 360 Å². The normalized spacial score (nSPS) is 12.2. The van der Waals surface area contributed by atoms with Gasteiger partial charge in [0.05, 0.1) is 27.8 Å². The molecular formula is C53H30F6N4O. The van der Waals surface area contributed by atoms with Crippen LogP contribution in [0.1, 0.15) is 11.1 Å². The first-order valence-corrected chi connectivity index (χ1v) is 20.2. The highest BCUT2D eigenvalue weighted by Gasteiger charge is 2.37. The van der Waals surface area contributed by atoms with Crippen LogP contribution in [0.4, 0.5) is 26.3 Å². The average Bonchev–Trinajstić information content (AvgIpc) is 3.86. The monoisotopic (exact) mass is 852 g/mol. The summed E-state index contributed by atoms with van der Waals surface area (Å²) in [7, 11) is 0. The highest BCUT2D eigenvalue weighted by Crippen LogP contribution is 2.43. The van der Waals surface area contributed by atoms with Gasteiger partial charge in [-0.3, -0.25) is 0 Å². The van der Waals surface area contributed by atoms with Crippen molar-refractivity contribution in [3.05, 3.63) is 193 Å². The van der Waals surface area contributed by atoms with E-state index in [0.717, 1.165) is 67.0 Å². The molecule has 0 saturated heterocycles. The van der Waals surface area contributed by atoms with Crippen molar-refractivity contribution in [2.24, 2.45) is 0 Å². The molecule has 0 N–H and O–H groups in total. The third-order valence-electron chi connectivity index (χ3n) is 11.5. The molecule has 0 aliphatic carbocycles. The Kier molecular flexibility index (Phi) is 8.98. The number of nitrogens with zero attached hydrogens (tertiary/aromatic N) is 4. The lowest BCUT2D eigenvalue weighted by Crippen LogP contribution is -2.11. The van der Waals surface area contributed by atoms with Crippen LogP contribution in [-0.2, 0) is 12.4 Å². The molecule has 0 aliphatic rings. The van der Waals surface area contributed by atoms with Crippen LogP contribution < -0.4 is 0 Å². The maximum atomic E-state index is 14.1. The average molecular weight is 853 g/mol. The molecule has 0 atom stereocenters. The van der Waals surface area contributed by atoms with E-state index in [1.54, 1.807) is 18.2 Å². The molecule has 11 rings (SSSR count). The first-order valence-electron chi connectivity index (χ1n) is 20.2. The van der Waals surface area contributed by atoms with Gasteiger partial charge in [0.1, 0.15) is 11.2 Å². The van der Waals surface area contributed by atoms with Crippen LogP contribution in [0, 0.1) is 0 Å². The van der Waals surface area contributed by atoms with Crippen LogP contribution in [0.3, 0.4) is 0 Å². The van der Waals surface area contributed by atoms with E-state index in [0.29, 0.717) is 39.8 Å². The molecule has 3 heterocycles. The first-order chi connectivity index (χ1) is 31.0. The number of hydrogen-bond donors (Lipinski definition) is 0. The molecule has 5 nitrogen and oxygen atoms in total. The minimum absolute atomic E-state index is 0.140. The molecule has 8 aromatic carbocycles.